The predicted molar refractivity (Wildman–Crippen MR) is 110 cm³/mol. The van der Waals surface area contributed by atoms with E-state index in [0.29, 0.717) is 16.5 Å². The van der Waals surface area contributed by atoms with Crippen LogP contribution in [0.1, 0.15) is 5.56 Å². The molecule has 0 saturated carbocycles. The highest BCUT2D eigenvalue weighted by molar-refractivity contribution is 6.33. The van der Waals surface area contributed by atoms with Gasteiger partial charge in [0.25, 0.3) is 5.56 Å². The molecule has 0 fully saturated rings. The van der Waals surface area contributed by atoms with Crippen molar-refractivity contribution in [3.05, 3.63) is 87.8 Å². The number of fused-ring (bicyclic) bond motifs is 1. The van der Waals surface area contributed by atoms with Crippen LogP contribution in [0.3, 0.4) is 0 Å². The molecule has 0 bridgehead atoms. The number of para-hydroxylation sites is 1. The summed E-state index contributed by atoms with van der Waals surface area (Å²) < 4.78 is 3.02. The van der Waals surface area contributed by atoms with Crippen LogP contribution in [0.15, 0.2) is 71.7 Å². The van der Waals surface area contributed by atoms with Gasteiger partial charge in [-0.25, -0.2) is 4.68 Å². The van der Waals surface area contributed by atoms with Gasteiger partial charge in [-0.3, -0.25) is 14.2 Å². The fourth-order valence-corrected chi connectivity index (χ4v) is 3.29. The summed E-state index contributed by atoms with van der Waals surface area (Å²) in [4.78, 5) is 24.6. The minimum absolute atomic E-state index is 0.212. The molecule has 0 unspecified atom stereocenters. The van der Waals surface area contributed by atoms with E-state index in [9.17, 15) is 9.59 Å². The van der Waals surface area contributed by atoms with Crippen molar-refractivity contribution in [2.45, 2.75) is 13.5 Å². The van der Waals surface area contributed by atoms with Crippen molar-refractivity contribution in [2.24, 2.45) is 0 Å². The lowest BCUT2D eigenvalue weighted by molar-refractivity contribution is -0.117. The average molecular weight is 393 g/mol. The monoisotopic (exact) mass is 392 g/mol. The number of amides is 1. The third kappa shape index (κ3) is 3.54. The maximum absolute atomic E-state index is 12.4. The van der Waals surface area contributed by atoms with Crippen LogP contribution in [0.5, 0.6) is 0 Å². The molecular formula is C21H17ClN4O2. The molecule has 2 aromatic heterocycles. The SMILES string of the molecule is Cc1ccc(NC(=O)Cn2nc(-n3ccc4ccccc43)ccc2=O)c(Cl)c1. The van der Waals surface area contributed by atoms with E-state index in [-0.39, 0.29) is 18.0 Å². The first kappa shape index (κ1) is 18.0. The van der Waals surface area contributed by atoms with Gasteiger partial charge in [0, 0.05) is 12.3 Å². The summed E-state index contributed by atoms with van der Waals surface area (Å²) in [6.45, 7) is 1.70. The van der Waals surface area contributed by atoms with Crippen molar-refractivity contribution in [3.8, 4) is 5.82 Å². The van der Waals surface area contributed by atoms with Crippen LogP contribution in [0.4, 0.5) is 5.69 Å². The molecule has 0 saturated heterocycles. The van der Waals surface area contributed by atoms with Crippen LogP contribution in [0.2, 0.25) is 5.02 Å². The lowest BCUT2D eigenvalue weighted by atomic mass is 10.2. The molecule has 7 heteroatoms. The van der Waals surface area contributed by atoms with Gasteiger partial charge in [-0.2, -0.15) is 5.10 Å². The van der Waals surface area contributed by atoms with Crippen LogP contribution >= 0.6 is 11.6 Å². The smallest absolute Gasteiger partial charge is 0.267 e. The standard InChI is InChI=1S/C21H17ClN4O2/c1-14-6-7-17(16(22)12-14)23-20(27)13-26-21(28)9-8-19(24-26)25-11-10-15-4-2-3-5-18(15)25/h2-12H,13H2,1H3,(H,23,27). The van der Waals surface area contributed by atoms with Crippen molar-refractivity contribution < 1.29 is 4.79 Å². The van der Waals surface area contributed by atoms with Gasteiger partial charge in [-0.05, 0) is 48.2 Å². The minimum atomic E-state index is -0.380. The Morgan fingerprint density at radius 2 is 1.93 bits per heavy atom. The van der Waals surface area contributed by atoms with Gasteiger partial charge in [0.2, 0.25) is 5.91 Å². The molecule has 1 amide bonds. The Bertz CT molecular complexity index is 1240. The van der Waals surface area contributed by atoms with Gasteiger partial charge in [-0.15, -0.1) is 0 Å². The zero-order valence-corrected chi connectivity index (χ0v) is 15.8. The highest BCUT2D eigenvalue weighted by atomic mass is 35.5. The number of nitrogens with one attached hydrogen (secondary N) is 1. The maximum Gasteiger partial charge on any atom is 0.267 e. The first-order valence-electron chi connectivity index (χ1n) is 8.72. The summed E-state index contributed by atoms with van der Waals surface area (Å²) in [7, 11) is 0. The molecule has 6 nitrogen and oxygen atoms in total. The van der Waals surface area contributed by atoms with Crippen LogP contribution in [0, 0.1) is 6.92 Å². The first-order valence-corrected chi connectivity index (χ1v) is 9.10. The van der Waals surface area contributed by atoms with Crippen LogP contribution < -0.4 is 10.9 Å². The van der Waals surface area contributed by atoms with Crippen LogP contribution in [-0.4, -0.2) is 20.3 Å². The minimum Gasteiger partial charge on any atom is -0.323 e. The van der Waals surface area contributed by atoms with E-state index in [1.54, 1.807) is 18.2 Å². The normalized spacial score (nSPS) is 10.9. The van der Waals surface area contributed by atoms with E-state index < -0.39 is 0 Å². The average Bonchev–Trinajstić information content (AvgIpc) is 3.10. The fourth-order valence-electron chi connectivity index (χ4n) is 3.01. The highest BCUT2D eigenvalue weighted by Crippen LogP contribution is 2.22. The number of nitrogens with zero attached hydrogens (tertiary/aromatic N) is 3. The van der Waals surface area contributed by atoms with E-state index in [4.69, 9.17) is 11.6 Å². The van der Waals surface area contributed by atoms with E-state index in [1.165, 1.54) is 6.07 Å². The van der Waals surface area contributed by atoms with Gasteiger partial charge >= 0.3 is 0 Å². The summed E-state index contributed by atoms with van der Waals surface area (Å²) in [6.07, 6.45) is 1.88. The molecule has 0 aliphatic heterocycles. The fraction of sp³-hybridized carbons (Fsp3) is 0.0952. The zero-order chi connectivity index (χ0) is 19.7. The van der Waals surface area contributed by atoms with E-state index in [2.05, 4.69) is 10.4 Å². The molecule has 2 heterocycles. The largest absolute Gasteiger partial charge is 0.323 e. The van der Waals surface area contributed by atoms with Gasteiger partial charge in [-0.1, -0.05) is 35.9 Å². The van der Waals surface area contributed by atoms with E-state index in [0.717, 1.165) is 21.1 Å². The quantitative estimate of drug-likeness (QED) is 0.574. The molecule has 2 aromatic carbocycles. The second-order valence-electron chi connectivity index (χ2n) is 6.46. The summed E-state index contributed by atoms with van der Waals surface area (Å²) in [5, 5.41) is 8.59. The van der Waals surface area contributed by atoms with Crippen LogP contribution in [-0.2, 0) is 11.3 Å². The number of hydrogen-bond donors (Lipinski definition) is 1. The van der Waals surface area contributed by atoms with Crippen molar-refractivity contribution in [2.75, 3.05) is 5.32 Å². The molecule has 0 aliphatic carbocycles. The van der Waals surface area contributed by atoms with Crippen molar-refractivity contribution >= 4 is 34.1 Å². The Morgan fingerprint density at radius 1 is 1.11 bits per heavy atom. The zero-order valence-electron chi connectivity index (χ0n) is 15.1. The van der Waals surface area contributed by atoms with Gasteiger partial charge in [0.1, 0.15) is 6.54 Å². The van der Waals surface area contributed by atoms with Crippen molar-refractivity contribution in [3.63, 3.8) is 0 Å². The summed E-state index contributed by atoms with van der Waals surface area (Å²) in [6, 6.07) is 18.2. The number of hydrogen-bond acceptors (Lipinski definition) is 3. The number of carbonyl (C=O) groups is 1. The van der Waals surface area contributed by atoms with Crippen molar-refractivity contribution in [1.82, 2.24) is 14.3 Å². The van der Waals surface area contributed by atoms with Gasteiger partial charge in [0.15, 0.2) is 5.82 Å². The molecular weight excluding hydrogens is 376 g/mol. The third-order valence-electron chi connectivity index (χ3n) is 4.39. The molecule has 140 valence electrons. The van der Waals surface area contributed by atoms with E-state index >= 15 is 0 Å². The third-order valence-corrected chi connectivity index (χ3v) is 4.70. The number of aryl methyl sites for hydroxylation is 1. The van der Waals surface area contributed by atoms with Gasteiger partial charge < -0.3 is 5.32 Å². The Balaban J connectivity index is 1.61. The number of halogens is 1. The number of benzene rings is 2. The van der Waals surface area contributed by atoms with E-state index in [1.807, 2.05) is 54.1 Å². The lowest BCUT2D eigenvalue weighted by Gasteiger charge is -2.10. The Hall–Kier alpha value is -3.38. The predicted octanol–water partition coefficient (Wildman–Crippen LogP) is 3.79. The molecule has 0 atom stereocenters. The molecule has 0 spiro atoms. The van der Waals surface area contributed by atoms with Crippen LogP contribution in [0.25, 0.3) is 16.7 Å². The molecule has 4 aromatic rings. The highest BCUT2D eigenvalue weighted by Gasteiger charge is 2.11. The number of rotatable bonds is 4. The topological polar surface area (TPSA) is 68.9 Å². The lowest BCUT2D eigenvalue weighted by Crippen LogP contribution is -2.30. The summed E-state index contributed by atoms with van der Waals surface area (Å²) >= 11 is 6.15. The first-order chi connectivity index (χ1) is 13.5. The Kier molecular flexibility index (Phi) is 4.71. The number of aromatic nitrogens is 3. The maximum atomic E-state index is 12.4. The molecule has 4 rings (SSSR count). The Labute approximate surface area is 166 Å². The Morgan fingerprint density at radius 3 is 2.75 bits per heavy atom. The molecule has 28 heavy (non-hydrogen) atoms. The van der Waals surface area contributed by atoms with Gasteiger partial charge in [0.05, 0.1) is 16.2 Å². The molecule has 0 radical (unpaired) electrons. The number of anilines is 1. The molecule has 0 aliphatic rings. The van der Waals surface area contributed by atoms with Crippen molar-refractivity contribution in [1.29, 1.82) is 0 Å². The summed E-state index contributed by atoms with van der Waals surface area (Å²) in [5.41, 5.74) is 2.10. The summed E-state index contributed by atoms with van der Waals surface area (Å²) in [5.74, 6) is 0.178. The second kappa shape index (κ2) is 7.32. The second-order valence-corrected chi connectivity index (χ2v) is 6.87. The molecule has 1 N–H and O–H groups in total. The number of carbonyl (C=O) groups excluding carboxylic acids is 1.